The van der Waals surface area contributed by atoms with Gasteiger partial charge >= 0.3 is 0 Å². The van der Waals surface area contributed by atoms with E-state index >= 15 is 0 Å². The van der Waals surface area contributed by atoms with E-state index in [9.17, 15) is 17.6 Å². The van der Waals surface area contributed by atoms with Gasteiger partial charge in [0.25, 0.3) is 0 Å². The number of halogens is 2. The number of thiazole rings is 1. The van der Waals surface area contributed by atoms with E-state index in [1.807, 2.05) is 0 Å². The Labute approximate surface area is 210 Å². The molecule has 0 atom stereocenters. The molecule has 1 aliphatic rings. The molecular weight excluding hydrogens is 513 g/mol. The molecule has 1 fully saturated rings. The zero-order chi connectivity index (χ0) is 24.7. The number of hydrogen-bond donors (Lipinski definition) is 1. The highest BCUT2D eigenvalue weighted by atomic mass is 35.5. The molecule has 1 N–H and O–H groups in total. The number of aromatic nitrogens is 3. The summed E-state index contributed by atoms with van der Waals surface area (Å²) in [4.78, 5) is 17.7. The molecule has 2 aromatic heterocycles. The van der Waals surface area contributed by atoms with Gasteiger partial charge in [-0.05, 0) is 62.2 Å². The molecule has 1 saturated heterocycles. The molecule has 8 nitrogen and oxygen atoms in total. The summed E-state index contributed by atoms with van der Waals surface area (Å²) in [6, 6.07) is 12.2. The van der Waals surface area contributed by atoms with Crippen molar-refractivity contribution in [1.82, 2.24) is 19.1 Å². The number of nitrogens with zero attached hydrogens (tertiary/aromatic N) is 4. The second-order valence-corrected chi connectivity index (χ2v) is 11.7. The van der Waals surface area contributed by atoms with Crippen molar-refractivity contribution in [1.29, 1.82) is 0 Å². The number of hydrogen-bond acceptors (Lipinski definition) is 6. The van der Waals surface area contributed by atoms with E-state index in [-0.39, 0.29) is 35.6 Å². The fourth-order valence-electron chi connectivity index (χ4n) is 4.05. The first kappa shape index (κ1) is 23.9. The Morgan fingerprint density at radius 2 is 1.86 bits per heavy atom. The van der Waals surface area contributed by atoms with Crippen LogP contribution in [-0.4, -0.2) is 46.5 Å². The monoisotopic (exact) mass is 533 g/mol. The number of carbonyl (C=O) groups excluding carboxylic acids is 1. The quantitative estimate of drug-likeness (QED) is 0.403. The molecule has 2 aromatic carbocycles. The topological polar surface area (TPSA) is 97.2 Å². The van der Waals surface area contributed by atoms with Gasteiger partial charge < -0.3 is 5.32 Å². The number of carbonyl (C=O) groups is 1. The minimum absolute atomic E-state index is 0.180. The second-order valence-electron chi connectivity index (χ2n) is 8.31. The number of anilines is 1. The zero-order valence-electron chi connectivity index (χ0n) is 18.6. The predicted octanol–water partition coefficient (Wildman–Crippen LogP) is 4.62. The average molecular weight is 534 g/mol. The summed E-state index contributed by atoms with van der Waals surface area (Å²) >= 11 is 7.14. The third-order valence-corrected chi connectivity index (χ3v) is 9.04. The van der Waals surface area contributed by atoms with Crippen LogP contribution in [0.2, 0.25) is 5.02 Å². The van der Waals surface area contributed by atoms with Crippen LogP contribution in [0.1, 0.15) is 18.5 Å². The molecule has 3 heterocycles. The summed E-state index contributed by atoms with van der Waals surface area (Å²) in [5, 5.41) is 8.33. The van der Waals surface area contributed by atoms with Crippen LogP contribution in [0.25, 0.3) is 15.3 Å². The zero-order valence-corrected chi connectivity index (χ0v) is 21.0. The summed E-state index contributed by atoms with van der Waals surface area (Å²) in [6.07, 6.45) is 0.790. The summed E-state index contributed by atoms with van der Waals surface area (Å²) in [5.41, 5.74) is 1.33. The number of fused-ring (bicyclic) bond motifs is 1. The molecule has 182 valence electrons. The first-order chi connectivity index (χ1) is 16.7. The Morgan fingerprint density at radius 1 is 1.14 bits per heavy atom. The van der Waals surface area contributed by atoms with Gasteiger partial charge in [0.1, 0.15) is 11.6 Å². The van der Waals surface area contributed by atoms with Crippen molar-refractivity contribution in [3.63, 3.8) is 0 Å². The molecule has 4 aromatic rings. The van der Waals surface area contributed by atoms with Crippen LogP contribution < -0.4 is 5.32 Å². The van der Waals surface area contributed by atoms with Gasteiger partial charge in [-0.1, -0.05) is 22.9 Å². The van der Waals surface area contributed by atoms with E-state index in [1.54, 1.807) is 31.2 Å². The Morgan fingerprint density at radius 3 is 2.57 bits per heavy atom. The lowest BCUT2D eigenvalue weighted by Gasteiger charge is -2.30. The van der Waals surface area contributed by atoms with Gasteiger partial charge in [0, 0.05) is 30.1 Å². The maximum absolute atomic E-state index is 13.6. The van der Waals surface area contributed by atoms with Gasteiger partial charge in [-0.3, -0.25) is 4.79 Å². The van der Waals surface area contributed by atoms with Gasteiger partial charge in [0.05, 0.1) is 20.8 Å². The third-order valence-electron chi connectivity index (χ3n) is 5.88. The van der Waals surface area contributed by atoms with Crippen LogP contribution in [0.4, 0.5) is 10.2 Å². The number of sulfonamides is 1. The van der Waals surface area contributed by atoms with E-state index in [0.29, 0.717) is 44.7 Å². The predicted molar refractivity (Wildman–Crippen MR) is 133 cm³/mol. The average Bonchev–Trinajstić information content (AvgIpc) is 3.41. The van der Waals surface area contributed by atoms with E-state index in [0.717, 1.165) is 0 Å². The lowest BCUT2D eigenvalue weighted by molar-refractivity contribution is -0.120. The highest BCUT2D eigenvalue weighted by Gasteiger charge is 2.32. The van der Waals surface area contributed by atoms with Crippen LogP contribution in [0.5, 0.6) is 0 Å². The Kier molecular flexibility index (Phi) is 6.34. The number of rotatable bonds is 5. The number of benzene rings is 2. The molecule has 0 spiro atoms. The van der Waals surface area contributed by atoms with Crippen LogP contribution in [0, 0.1) is 18.7 Å². The number of piperidine rings is 1. The van der Waals surface area contributed by atoms with Gasteiger partial charge in [-0.25, -0.2) is 17.8 Å². The highest BCUT2D eigenvalue weighted by molar-refractivity contribution is 7.89. The minimum atomic E-state index is -3.65. The van der Waals surface area contributed by atoms with Crippen LogP contribution in [0.3, 0.4) is 0 Å². The van der Waals surface area contributed by atoms with Crippen molar-refractivity contribution in [3.8, 4) is 5.13 Å². The van der Waals surface area contributed by atoms with Gasteiger partial charge in [-0.2, -0.15) is 14.1 Å². The second kappa shape index (κ2) is 9.30. The first-order valence-electron chi connectivity index (χ1n) is 10.9. The molecule has 1 aliphatic heterocycles. The van der Waals surface area contributed by atoms with Gasteiger partial charge in [0.2, 0.25) is 21.1 Å². The van der Waals surface area contributed by atoms with Crippen molar-refractivity contribution in [3.05, 3.63) is 65.1 Å². The smallest absolute Gasteiger partial charge is 0.243 e. The molecule has 0 aliphatic carbocycles. The van der Waals surface area contributed by atoms with Gasteiger partial charge in [0.15, 0.2) is 0 Å². The van der Waals surface area contributed by atoms with Crippen LogP contribution in [-0.2, 0) is 14.8 Å². The summed E-state index contributed by atoms with van der Waals surface area (Å²) < 4.78 is 43.0. The van der Waals surface area contributed by atoms with Crippen molar-refractivity contribution >= 4 is 54.9 Å². The lowest BCUT2D eigenvalue weighted by atomic mass is 9.97. The third kappa shape index (κ3) is 4.81. The van der Waals surface area contributed by atoms with Crippen LogP contribution >= 0.6 is 22.9 Å². The fourth-order valence-corrected chi connectivity index (χ4v) is 6.61. The molecular formula is C23H21ClFN5O3S2. The lowest BCUT2D eigenvalue weighted by Crippen LogP contribution is -2.41. The SMILES string of the molecule is Cc1cc(NC(=O)C2CCN(S(=O)(=O)c3ccc(Cl)cc3)CC2)n(-c2nc3ccc(F)cc3s2)n1. The maximum Gasteiger partial charge on any atom is 0.243 e. The van der Waals surface area contributed by atoms with E-state index < -0.39 is 10.0 Å². The first-order valence-corrected chi connectivity index (χ1v) is 13.5. The van der Waals surface area contributed by atoms with Crippen molar-refractivity contribution in [2.45, 2.75) is 24.7 Å². The largest absolute Gasteiger partial charge is 0.310 e. The molecule has 12 heteroatoms. The maximum atomic E-state index is 13.6. The summed E-state index contributed by atoms with van der Waals surface area (Å²) in [5.74, 6) is -0.438. The number of amides is 1. The molecule has 35 heavy (non-hydrogen) atoms. The molecule has 0 bridgehead atoms. The van der Waals surface area contributed by atoms with Gasteiger partial charge in [-0.15, -0.1) is 0 Å². The molecule has 0 saturated carbocycles. The Hall–Kier alpha value is -2.86. The Bertz CT molecular complexity index is 1510. The Balaban J connectivity index is 1.28. The summed E-state index contributed by atoms with van der Waals surface area (Å²) in [6.45, 7) is 2.29. The van der Waals surface area contributed by atoms with Crippen molar-refractivity contribution < 1.29 is 17.6 Å². The number of aryl methyl sites for hydroxylation is 1. The number of nitrogens with one attached hydrogen (secondary N) is 1. The molecule has 1 amide bonds. The van der Waals surface area contributed by atoms with E-state index in [2.05, 4.69) is 15.4 Å². The molecule has 0 radical (unpaired) electrons. The van der Waals surface area contributed by atoms with Crippen molar-refractivity contribution in [2.75, 3.05) is 18.4 Å². The fraction of sp³-hybridized carbons (Fsp3) is 0.261. The minimum Gasteiger partial charge on any atom is -0.310 e. The molecule has 0 unspecified atom stereocenters. The molecule has 5 rings (SSSR count). The standard InChI is InChI=1S/C23H21ClFN5O3S2/c1-14-12-21(30(28-14)23-26-19-7-4-17(25)13-20(19)34-23)27-22(31)15-8-10-29(11-9-15)35(32,33)18-5-2-16(24)3-6-18/h2-7,12-13,15H,8-11H2,1H3,(H,27,31). The van der Waals surface area contributed by atoms with Crippen molar-refractivity contribution in [2.24, 2.45) is 5.92 Å². The normalized spacial score (nSPS) is 15.5. The highest BCUT2D eigenvalue weighted by Crippen LogP contribution is 2.29. The van der Waals surface area contributed by atoms with Crippen LogP contribution in [0.15, 0.2) is 53.4 Å². The van der Waals surface area contributed by atoms with E-state index in [4.69, 9.17) is 11.6 Å². The summed E-state index contributed by atoms with van der Waals surface area (Å²) in [7, 11) is -3.65. The van der Waals surface area contributed by atoms with E-state index in [1.165, 1.54) is 44.6 Å².